The highest BCUT2D eigenvalue weighted by Crippen LogP contribution is 2.63. The van der Waals surface area contributed by atoms with Crippen molar-refractivity contribution in [1.29, 1.82) is 0 Å². The molecule has 0 saturated heterocycles. The Morgan fingerprint density at radius 3 is 1.23 bits per heavy atom. The lowest BCUT2D eigenvalue weighted by atomic mass is 9.89. The van der Waals surface area contributed by atoms with Gasteiger partial charge in [-0.1, -0.05) is 0 Å². The van der Waals surface area contributed by atoms with E-state index in [2.05, 4.69) is 4.74 Å². The average molecular weight is 586 g/mol. The van der Waals surface area contributed by atoms with Crippen molar-refractivity contribution in [1.82, 2.24) is 0 Å². The van der Waals surface area contributed by atoms with Crippen LogP contribution in [0.2, 0.25) is 0 Å². The van der Waals surface area contributed by atoms with Crippen molar-refractivity contribution in [3.63, 3.8) is 0 Å². The molecule has 0 fully saturated rings. The van der Waals surface area contributed by atoms with Gasteiger partial charge in [0.25, 0.3) is 10.1 Å². The third-order valence-electron chi connectivity index (χ3n) is 4.01. The Labute approximate surface area is 183 Å². The smallest absolute Gasteiger partial charge is 0.375 e. The summed E-state index contributed by atoms with van der Waals surface area (Å²) in [7, 11) is -4.61. The molecule has 0 aromatic heterocycles. The third kappa shape index (κ3) is 5.82. The predicted octanol–water partition coefficient (Wildman–Crippen LogP) is 5.68. The van der Waals surface area contributed by atoms with Gasteiger partial charge in [-0.25, -0.2) is 0 Å². The van der Waals surface area contributed by atoms with Crippen molar-refractivity contribution in [2.24, 2.45) is 0 Å². The Morgan fingerprint density at radius 1 is 0.543 bits per heavy atom. The zero-order chi connectivity index (χ0) is 28.7. The van der Waals surface area contributed by atoms with E-state index in [0.29, 0.717) is 0 Å². The van der Waals surface area contributed by atoms with Crippen LogP contribution in [0.4, 0.5) is 74.6 Å². The monoisotopic (exact) mass is 586 g/mol. The van der Waals surface area contributed by atoms with E-state index >= 15 is 0 Å². The Kier molecular flexibility index (Phi) is 9.17. The van der Waals surface area contributed by atoms with Gasteiger partial charge in [-0.15, -0.1) is 0 Å². The van der Waals surface area contributed by atoms with E-state index in [9.17, 15) is 83.1 Å². The topological polar surface area (TPSA) is 63.6 Å². The van der Waals surface area contributed by atoms with E-state index in [1.807, 2.05) is 0 Å². The van der Waals surface area contributed by atoms with Crippen LogP contribution in [0.15, 0.2) is 0 Å². The van der Waals surface area contributed by atoms with Gasteiger partial charge in [-0.3, -0.25) is 4.55 Å². The SMILES string of the molecule is O=S(=O)(O)CCCCOCC(F)(F)C(F)(F)C(F)(F)C(F)(F)C(F)(F)C(F)(F)C(F)(F)C(F)(F)F. The van der Waals surface area contributed by atoms with Gasteiger partial charge >= 0.3 is 47.6 Å². The summed E-state index contributed by atoms with van der Waals surface area (Å²) in [5.74, 6) is -58.1. The molecule has 0 rings (SSSR count). The van der Waals surface area contributed by atoms with Gasteiger partial charge in [0, 0.05) is 6.61 Å². The second-order valence-corrected chi connectivity index (χ2v) is 8.27. The summed E-state index contributed by atoms with van der Waals surface area (Å²) in [5.41, 5.74) is 0. The molecule has 4 nitrogen and oxygen atoms in total. The third-order valence-corrected chi connectivity index (χ3v) is 4.82. The van der Waals surface area contributed by atoms with Crippen LogP contribution in [0.1, 0.15) is 12.8 Å². The minimum absolute atomic E-state index is 0.635. The van der Waals surface area contributed by atoms with Gasteiger partial charge in [0.2, 0.25) is 0 Å². The van der Waals surface area contributed by atoms with Crippen LogP contribution in [-0.4, -0.2) is 79.6 Å². The molecule has 0 radical (unpaired) electrons. The maximum absolute atomic E-state index is 13.5. The fourth-order valence-electron chi connectivity index (χ4n) is 1.98. The lowest BCUT2D eigenvalue weighted by Gasteiger charge is -2.42. The molecule has 0 amide bonds. The molecule has 22 heteroatoms. The largest absolute Gasteiger partial charge is 0.460 e. The second-order valence-electron chi connectivity index (χ2n) is 6.69. The number of hydrogen-bond donors (Lipinski definition) is 1. The predicted molar refractivity (Wildman–Crippen MR) is 77.2 cm³/mol. The van der Waals surface area contributed by atoms with Crippen LogP contribution < -0.4 is 0 Å². The number of alkyl halides is 17. The molecular formula is C13H11F17O4S. The van der Waals surface area contributed by atoms with Crippen molar-refractivity contribution < 1.29 is 92.3 Å². The van der Waals surface area contributed by atoms with E-state index in [0.717, 1.165) is 0 Å². The Bertz CT molecular complexity index is 833. The molecule has 0 spiro atoms. The molecule has 0 aliphatic carbocycles. The first kappa shape index (κ1) is 33.7. The van der Waals surface area contributed by atoms with Crippen LogP contribution in [0.25, 0.3) is 0 Å². The summed E-state index contributed by atoms with van der Waals surface area (Å²) in [4.78, 5) is 0. The molecule has 0 aliphatic heterocycles. The molecule has 0 unspecified atom stereocenters. The Morgan fingerprint density at radius 2 is 0.886 bits per heavy atom. The zero-order valence-corrected chi connectivity index (χ0v) is 16.9. The maximum Gasteiger partial charge on any atom is 0.460 e. The van der Waals surface area contributed by atoms with Crippen LogP contribution in [0.3, 0.4) is 0 Å². The fraction of sp³-hybridized carbons (Fsp3) is 1.00. The number of ether oxygens (including phenoxy) is 1. The normalized spacial score (nSPS) is 16.1. The van der Waals surface area contributed by atoms with Gasteiger partial charge in [-0.2, -0.15) is 83.1 Å². The van der Waals surface area contributed by atoms with Gasteiger partial charge in [0.15, 0.2) is 0 Å². The molecule has 0 heterocycles. The summed E-state index contributed by atoms with van der Waals surface area (Å²) in [6, 6.07) is 0. The summed E-state index contributed by atoms with van der Waals surface area (Å²) < 4.78 is 254. The van der Waals surface area contributed by atoms with E-state index < -0.39 is 89.6 Å². The molecule has 0 aliphatic rings. The minimum atomic E-state index is -8.70. The van der Waals surface area contributed by atoms with Crippen LogP contribution in [0, 0.1) is 0 Å². The first-order chi connectivity index (χ1) is 15.0. The van der Waals surface area contributed by atoms with Gasteiger partial charge < -0.3 is 4.74 Å². The molecule has 0 atom stereocenters. The molecule has 212 valence electrons. The second kappa shape index (κ2) is 9.53. The minimum Gasteiger partial charge on any atom is -0.375 e. The lowest BCUT2D eigenvalue weighted by molar-refractivity contribution is -0.462. The first-order valence-corrected chi connectivity index (χ1v) is 9.81. The Balaban J connectivity index is 6.00. The maximum atomic E-state index is 13.5. The van der Waals surface area contributed by atoms with Gasteiger partial charge in [0.1, 0.15) is 6.61 Å². The summed E-state index contributed by atoms with van der Waals surface area (Å²) in [5, 5.41) is 0. The van der Waals surface area contributed by atoms with Gasteiger partial charge in [-0.05, 0) is 12.8 Å². The highest BCUT2D eigenvalue weighted by atomic mass is 32.2. The van der Waals surface area contributed by atoms with Crippen LogP contribution >= 0.6 is 0 Å². The highest BCUT2D eigenvalue weighted by molar-refractivity contribution is 7.85. The zero-order valence-electron chi connectivity index (χ0n) is 16.0. The van der Waals surface area contributed by atoms with Crippen LogP contribution in [-0.2, 0) is 14.9 Å². The van der Waals surface area contributed by atoms with Crippen molar-refractivity contribution in [2.75, 3.05) is 19.0 Å². The number of hydrogen-bond acceptors (Lipinski definition) is 3. The quantitative estimate of drug-likeness (QED) is 0.172. The summed E-state index contributed by atoms with van der Waals surface area (Å²) in [6.45, 7) is -4.30. The molecule has 0 bridgehead atoms. The van der Waals surface area contributed by atoms with Crippen molar-refractivity contribution >= 4 is 10.1 Å². The molecule has 0 aromatic rings. The van der Waals surface area contributed by atoms with Crippen LogP contribution in [0.5, 0.6) is 0 Å². The summed E-state index contributed by atoms with van der Waals surface area (Å²) >= 11 is 0. The average Bonchev–Trinajstić information content (AvgIpc) is 2.61. The summed E-state index contributed by atoms with van der Waals surface area (Å²) in [6.07, 6.45) is -9.16. The number of rotatable bonds is 13. The van der Waals surface area contributed by atoms with Crippen molar-refractivity contribution in [3.05, 3.63) is 0 Å². The molecule has 0 aromatic carbocycles. The molecule has 35 heavy (non-hydrogen) atoms. The van der Waals surface area contributed by atoms with E-state index in [4.69, 9.17) is 4.55 Å². The van der Waals surface area contributed by atoms with Crippen molar-refractivity contribution in [3.8, 4) is 0 Å². The lowest BCUT2D eigenvalue weighted by Crippen LogP contribution is -2.74. The standard InChI is InChI=1S/C13H11F17O4S/c14-6(15,5-34-3-1-2-4-35(31,32)33)7(16,17)8(18,19)9(20,21)10(22,23)11(24,25)12(26,27)13(28,29)30/h1-5H2,(H,31,32,33). The first-order valence-electron chi connectivity index (χ1n) is 8.20. The highest BCUT2D eigenvalue weighted by Gasteiger charge is 2.95. The van der Waals surface area contributed by atoms with Gasteiger partial charge in [0.05, 0.1) is 5.75 Å². The number of unbranched alkanes of at least 4 members (excludes halogenated alkanes) is 1. The van der Waals surface area contributed by atoms with E-state index in [1.54, 1.807) is 0 Å². The Hall–Kier alpha value is -1.32. The van der Waals surface area contributed by atoms with E-state index in [1.165, 1.54) is 0 Å². The molecular weight excluding hydrogens is 575 g/mol. The molecule has 1 N–H and O–H groups in total. The number of halogens is 17. The van der Waals surface area contributed by atoms with E-state index in [-0.39, 0.29) is 0 Å². The van der Waals surface area contributed by atoms with Crippen molar-refractivity contribution in [2.45, 2.75) is 60.5 Å². The fourth-order valence-corrected chi connectivity index (χ4v) is 2.54. The molecule has 0 saturated carbocycles.